The Bertz CT molecular complexity index is 234. The van der Waals surface area contributed by atoms with Crippen LogP contribution in [0.15, 0.2) is 11.4 Å². The molecule has 0 amide bonds. The molecule has 0 bridgehead atoms. The zero-order valence-corrected chi connectivity index (χ0v) is 8.38. The Kier molecular flexibility index (Phi) is 3.10. The highest BCUT2D eigenvalue weighted by Crippen LogP contribution is 2.55. The van der Waals surface area contributed by atoms with Crippen LogP contribution in [0.4, 0.5) is 0 Å². The van der Waals surface area contributed by atoms with Gasteiger partial charge in [0.15, 0.2) is 0 Å². The molecule has 0 saturated carbocycles. The van der Waals surface area contributed by atoms with Gasteiger partial charge in [0, 0.05) is 6.16 Å². The molecule has 0 aliphatic carbocycles. The number of aliphatic hydroxyl groups is 1. The lowest BCUT2D eigenvalue weighted by molar-refractivity contribution is 0.134. The minimum atomic E-state index is -2.52. The van der Waals surface area contributed by atoms with Gasteiger partial charge in [-0.25, -0.2) is 0 Å². The third-order valence-corrected chi connectivity index (χ3v) is 4.25. The lowest BCUT2D eigenvalue weighted by Gasteiger charge is -2.14. The normalized spacial score (nSPS) is 31.8. The maximum atomic E-state index is 11.8. The van der Waals surface area contributed by atoms with Crippen molar-refractivity contribution >= 4 is 7.37 Å². The third-order valence-electron chi connectivity index (χ3n) is 1.85. The monoisotopic (exact) mass is 190 g/mol. The van der Waals surface area contributed by atoms with Gasteiger partial charge in [-0.3, -0.25) is 4.57 Å². The quantitative estimate of drug-likeness (QED) is 0.692. The molecule has 0 fully saturated rings. The van der Waals surface area contributed by atoms with Crippen LogP contribution in [0.3, 0.4) is 0 Å². The number of rotatable bonds is 3. The van der Waals surface area contributed by atoms with Gasteiger partial charge >= 0.3 is 0 Å². The Balaban J connectivity index is 2.57. The predicted molar refractivity (Wildman–Crippen MR) is 48.5 cm³/mol. The van der Waals surface area contributed by atoms with Crippen molar-refractivity contribution in [2.24, 2.45) is 0 Å². The molecule has 0 aromatic carbocycles. The van der Waals surface area contributed by atoms with Crippen molar-refractivity contribution in [1.29, 1.82) is 0 Å². The van der Waals surface area contributed by atoms with E-state index in [1.54, 1.807) is 12.7 Å². The molecular weight excluding hydrogens is 175 g/mol. The average molecular weight is 190 g/mol. The Hall–Kier alpha value is -0.110. The van der Waals surface area contributed by atoms with Crippen molar-refractivity contribution < 1.29 is 14.2 Å². The summed E-state index contributed by atoms with van der Waals surface area (Å²) < 4.78 is 17.0. The van der Waals surface area contributed by atoms with E-state index in [0.29, 0.717) is 6.16 Å². The molecule has 12 heavy (non-hydrogen) atoms. The van der Waals surface area contributed by atoms with Gasteiger partial charge in [-0.1, -0.05) is 5.57 Å². The molecule has 2 unspecified atom stereocenters. The Morgan fingerprint density at radius 2 is 2.50 bits per heavy atom. The van der Waals surface area contributed by atoms with Crippen molar-refractivity contribution in [2.45, 2.75) is 26.4 Å². The van der Waals surface area contributed by atoms with E-state index in [2.05, 4.69) is 0 Å². The van der Waals surface area contributed by atoms with E-state index >= 15 is 0 Å². The summed E-state index contributed by atoms with van der Waals surface area (Å²) in [4.78, 5) is 0. The van der Waals surface area contributed by atoms with Gasteiger partial charge in [-0.05, 0) is 26.1 Å². The molecule has 0 aromatic rings. The van der Waals surface area contributed by atoms with Crippen molar-refractivity contribution in [3.63, 3.8) is 0 Å². The number of aliphatic hydroxyl groups excluding tert-OH is 1. The van der Waals surface area contributed by atoms with E-state index in [-0.39, 0.29) is 12.7 Å². The standard InChI is InChI=1S/C8H15O3P/c1-7-3-4-12(10,6-7)11-8(2)5-9/h6,8-9H,3-5H2,1-2H3. The molecule has 0 aromatic heterocycles. The largest absolute Gasteiger partial charge is 0.394 e. The summed E-state index contributed by atoms with van der Waals surface area (Å²) in [5.74, 6) is 1.72. The average Bonchev–Trinajstić information content (AvgIpc) is 2.30. The first-order valence-corrected chi connectivity index (χ1v) is 6.00. The van der Waals surface area contributed by atoms with E-state index in [0.717, 1.165) is 12.0 Å². The first-order chi connectivity index (χ1) is 5.56. The SMILES string of the molecule is CC1=CP(=O)(OC(C)CO)CC1. The second kappa shape index (κ2) is 3.73. The predicted octanol–water partition coefficient (Wildman–Crippen LogP) is 1.97. The number of hydrogen-bond donors (Lipinski definition) is 1. The smallest absolute Gasteiger partial charge is 0.225 e. The fourth-order valence-corrected chi connectivity index (χ4v) is 3.65. The second-order valence-corrected chi connectivity index (χ2v) is 5.64. The maximum absolute atomic E-state index is 11.8. The van der Waals surface area contributed by atoms with Crippen LogP contribution in [0.2, 0.25) is 0 Å². The van der Waals surface area contributed by atoms with Crippen molar-refractivity contribution in [3.8, 4) is 0 Å². The van der Waals surface area contributed by atoms with Crippen molar-refractivity contribution in [3.05, 3.63) is 11.4 Å². The Morgan fingerprint density at radius 1 is 1.83 bits per heavy atom. The lowest BCUT2D eigenvalue weighted by atomic mass is 10.3. The van der Waals surface area contributed by atoms with Crippen LogP contribution in [0, 0.1) is 0 Å². The maximum Gasteiger partial charge on any atom is 0.225 e. The van der Waals surface area contributed by atoms with Crippen LogP contribution in [-0.2, 0) is 9.09 Å². The van der Waals surface area contributed by atoms with Gasteiger partial charge in [0.05, 0.1) is 12.7 Å². The zero-order valence-electron chi connectivity index (χ0n) is 7.49. The molecule has 1 aliphatic heterocycles. The van der Waals surface area contributed by atoms with Gasteiger partial charge in [0.1, 0.15) is 0 Å². The summed E-state index contributed by atoms with van der Waals surface area (Å²) in [6.07, 6.45) is 1.14. The zero-order chi connectivity index (χ0) is 9.19. The molecule has 0 radical (unpaired) electrons. The summed E-state index contributed by atoms with van der Waals surface area (Å²) in [6.45, 7) is 3.60. The molecule has 0 spiro atoms. The van der Waals surface area contributed by atoms with E-state index in [1.807, 2.05) is 6.92 Å². The first kappa shape index (κ1) is 9.97. The fraction of sp³-hybridized carbons (Fsp3) is 0.750. The highest BCUT2D eigenvalue weighted by atomic mass is 31.2. The van der Waals surface area contributed by atoms with Gasteiger partial charge in [-0.15, -0.1) is 0 Å². The third kappa shape index (κ3) is 2.44. The molecule has 3 nitrogen and oxygen atoms in total. The van der Waals surface area contributed by atoms with E-state index in [9.17, 15) is 4.57 Å². The summed E-state index contributed by atoms with van der Waals surface area (Å²) in [5, 5.41) is 8.71. The van der Waals surface area contributed by atoms with Crippen LogP contribution >= 0.6 is 7.37 Å². The summed E-state index contributed by atoms with van der Waals surface area (Å²) in [6, 6.07) is 0. The fourth-order valence-electron chi connectivity index (χ4n) is 1.22. The Morgan fingerprint density at radius 3 is 2.92 bits per heavy atom. The van der Waals surface area contributed by atoms with E-state index < -0.39 is 7.37 Å². The van der Waals surface area contributed by atoms with Crippen molar-refractivity contribution in [2.75, 3.05) is 12.8 Å². The number of hydrogen-bond acceptors (Lipinski definition) is 3. The molecule has 4 heteroatoms. The van der Waals surface area contributed by atoms with Crippen LogP contribution < -0.4 is 0 Å². The van der Waals surface area contributed by atoms with Crippen LogP contribution in [0.1, 0.15) is 20.3 Å². The molecule has 1 N–H and O–H groups in total. The van der Waals surface area contributed by atoms with Crippen LogP contribution in [-0.4, -0.2) is 24.0 Å². The molecule has 0 saturated heterocycles. The lowest BCUT2D eigenvalue weighted by Crippen LogP contribution is -2.10. The van der Waals surface area contributed by atoms with Gasteiger partial charge in [-0.2, -0.15) is 0 Å². The summed E-state index contributed by atoms with van der Waals surface area (Å²) in [5.41, 5.74) is 1.13. The Labute approximate surface area is 72.9 Å². The highest BCUT2D eigenvalue weighted by molar-refractivity contribution is 7.62. The minimum Gasteiger partial charge on any atom is -0.394 e. The van der Waals surface area contributed by atoms with Crippen molar-refractivity contribution in [1.82, 2.24) is 0 Å². The summed E-state index contributed by atoms with van der Waals surface area (Å²) in [7, 11) is -2.52. The minimum absolute atomic E-state index is 0.0725. The molecule has 1 aliphatic rings. The molecule has 1 rings (SSSR count). The van der Waals surface area contributed by atoms with E-state index in [1.165, 1.54) is 0 Å². The van der Waals surface area contributed by atoms with Crippen LogP contribution in [0.25, 0.3) is 0 Å². The highest BCUT2D eigenvalue weighted by Gasteiger charge is 2.27. The number of allylic oxidation sites excluding steroid dienone is 1. The first-order valence-electron chi connectivity index (χ1n) is 4.12. The van der Waals surface area contributed by atoms with Gasteiger partial charge in [0.2, 0.25) is 7.37 Å². The summed E-state index contributed by atoms with van der Waals surface area (Å²) >= 11 is 0. The van der Waals surface area contributed by atoms with Crippen LogP contribution in [0.5, 0.6) is 0 Å². The molecular formula is C8H15O3P. The van der Waals surface area contributed by atoms with Gasteiger partial charge < -0.3 is 9.63 Å². The van der Waals surface area contributed by atoms with E-state index in [4.69, 9.17) is 9.63 Å². The molecule has 1 heterocycles. The topological polar surface area (TPSA) is 46.5 Å². The molecule has 2 atom stereocenters. The second-order valence-electron chi connectivity index (χ2n) is 3.27. The van der Waals surface area contributed by atoms with Gasteiger partial charge in [0.25, 0.3) is 0 Å². The molecule has 70 valence electrons.